The van der Waals surface area contributed by atoms with Crippen LogP contribution in [-0.4, -0.2) is 12.7 Å². The van der Waals surface area contributed by atoms with Crippen molar-refractivity contribution in [1.82, 2.24) is 0 Å². The summed E-state index contributed by atoms with van der Waals surface area (Å²) in [4.78, 5) is 11.9. The molecule has 4 unspecified atom stereocenters. The molecule has 3 saturated carbocycles. The maximum Gasteiger partial charge on any atom is 0.379 e. The lowest BCUT2D eigenvalue weighted by Gasteiger charge is -2.14. The predicted molar refractivity (Wildman–Crippen MR) is 90.6 cm³/mol. The summed E-state index contributed by atoms with van der Waals surface area (Å²) < 4.78 is 16.9. The van der Waals surface area contributed by atoms with Crippen LogP contribution < -0.4 is 15.1 Å². The number of benzene rings is 1. The van der Waals surface area contributed by atoms with E-state index >= 15 is 0 Å². The Morgan fingerprint density at radius 2 is 2.08 bits per heavy atom. The SMILES string of the molecule is CCOc1cc2ccc(OC3CC4CCC5CC45C3)cc2oc1=O. The Morgan fingerprint density at radius 3 is 2.88 bits per heavy atom. The molecule has 0 amide bonds. The van der Waals surface area contributed by atoms with E-state index in [2.05, 4.69) is 0 Å². The zero-order valence-corrected chi connectivity index (χ0v) is 13.9. The lowest BCUT2D eigenvalue weighted by atomic mass is 9.95. The fraction of sp³-hybridized carbons (Fsp3) is 0.550. The lowest BCUT2D eigenvalue weighted by molar-refractivity contribution is 0.197. The third kappa shape index (κ3) is 2.08. The van der Waals surface area contributed by atoms with Crippen molar-refractivity contribution < 1.29 is 13.9 Å². The van der Waals surface area contributed by atoms with E-state index in [0.29, 0.717) is 23.7 Å². The van der Waals surface area contributed by atoms with Crippen LogP contribution in [0.25, 0.3) is 11.0 Å². The average Bonchev–Trinajstić information content (AvgIpc) is 2.97. The Bertz CT molecular complexity index is 854. The summed E-state index contributed by atoms with van der Waals surface area (Å²) in [6, 6.07) is 7.48. The van der Waals surface area contributed by atoms with Gasteiger partial charge in [-0.25, -0.2) is 4.79 Å². The Kier molecular flexibility index (Phi) is 3.00. The van der Waals surface area contributed by atoms with Gasteiger partial charge in [0.25, 0.3) is 0 Å². The first-order valence-corrected chi connectivity index (χ1v) is 9.05. The summed E-state index contributed by atoms with van der Waals surface area (Å²) in [6.45, 7) is 2.30. The second kappa shape index (κ2) is 5.01. The number of ether oxygens (including phenoxy) is 2. The van der Waals surface area contributed by atoms with Crippen LogP contribution in [0.4, 0.5) is 0 Å². The maximum absolute atomic E-state index is 11.9. The molecule has 0 bridgehead atoms. The normalized spacial score (nSPS) is 33.3. The van der Waals surface area contributed by atoms with Gasteiger partial charge in [0.05, 0.1) is 12.7 Å². The van der Waals surface area contributed by atoms with Gasteiger partial charge in [0.1, 0.15) is 11.3 Å². The minimum Gasteiger partial charge on any atom is -0.490 e. The van der Waals surface area contributed by atoms with Crippen LogP contribution >= 0.6 is 0 Å². The standard InChI is InChI=1S/C20H22O4/c1-2-22-18-7-12-3-6-15(9-17(12)24-19(18)21)23-16-8-13-4-5-14-10-20(13,14)11-16/h3,6-7,9,13-14,16H,2,4-5,8,10-11H2,1H3. The minimum atomic E-state index is -0.434. The molecular formula is C20H22O4. The van der Waals surface area contributed by atoms with E-state index in [9.17, 15) is 4.79 Å². The van der Waals surface area contributed by atoms with Gasteiger partial charge in [-0.3, -0.25) is 0 Å². The molecule has 0 saturated heterocycles. The zero-order chi connectivity index (χ0) is 16.3. The van der Waals surface area contributed by atoms with Crippen LogP contribution in [0.2, 0.25) is 0 Å². The van der Waals surface area contributed by atoms with E-state index in [1.54, 1.807) is 6.07 Å². The first-order valence-electron chi connectivity index (χ1n) is 9.05. The fourth-order valence-corrected chi connectivity index (χ4v) is 5.26. The van der Waals surface area contributed by atoms with Crippen LogP contribution in [0.3, 0.4) is 0 Å². The van der Waals surface area contributed by atoms with Crippen molar-refractivity contribution in [1.29, 1.82) is 0 Å². The predicted octanol–water partition coefficient (Wildman–Crippen LogP) is 4.15. The summed E-state index contributed by atoms with van der Waals surface area (Å²) in [6.07, 6.45) is 6.93. The third-order valence-corrected chi connectivity index (χ3v) is 6.39. The Hall–Kier alpha value is -1.97. The monoisotopic (exact) mass is 326 g/mol. The Morgan fingerprint density at radius 1 is 1.21 bits per heavy atom. The van der Waals surface area contributed by atoms with Gasteiger partial charge in [-0.15, -0.1) is 0 Å². The molecule has 3 fully saturated rings. The summed E-state index contributed by atoms with van der Waals surface area (Å²) in [5, 5.41) is 0.856. The van der Waals surface area contributed by atoms with Crippen LogP contribution in [0, 0.1) is 17.3 Å². The number of hydrogen-bond donors (Lipinski definition) is 0. The molecule has 1 aromatic heterocycles. The summed E-state index contributed by atoms with van der Waals surface area (Å²) in [7, 11) is 0. The topological polar surface area (TPSA) is 48.7 Å². The summed E-state index contributed by atoms with van der Waals surface area (Å²) >= 11 is 0. The molecule has 126 valence electrons. The average molecular weight is 326 g/mol. The molecule has 3 aliphatic carbocycles. The highest BCUT2D eigenvalue weighted by molar-refractivity contribution is 5.79. The van der Waals surface area contributed by atoms with Gasteiger partial charge in [0.15, 0.2) is 0 Å². The number of hydrogen-bond acceptors (Lipinski definition) is 4. The highest BCUT2D eigenvalue weighted by Gasteiger charge is 2.66. The van der Waals surface area contributed by atoms with Crippen molar-refractivity contribution in [3.63, 3.8) is 0 Å². The molecule has 5 rings (SSSR count). The largest absolute Gasteiger partial charge is 0.490 e. The number of fused-ring (bicyclic) bond motifs is 1. The van der Waals surface area contributed by atoms with Gasteiger partial charge in [-0.1, -0.05) is 0 Å². The van der Waals surface area contributed by atoms with E-state index < -0.39 is 5.63 Å². The van der Waals surface area contributed by atoms with Crippen LogP contribution in [0.15, 0.2) is 33.5 Å². The zero-order valence-electron chi connectivity index (χ0n) is 13.9. The minimum absolute atomic E-state index is 0.265. The van der Waals surface area contributed by atoms with E-state index in [1.807, 2.05) is 25.1 Å². The maximum atomic E-state index is 11.9. The fourth-order valence-electron chi connectivity index (χ4n) is 5.26. The van der Waals surface area contributed by atoms with Gasteiger partial charge in [0.2, 0.25) is 5.75 Å². The van der Waals surface area contributed by atoms with Crippen LogP contribution in [0.5, 0.6) is 11.5 Å². The van der Waals surface area contributed by atoms with Gasteiger partial charge >= 0.3 is 5.63 Å². The van der Waals surface area contributed by atoms with Crippen molar-refractivity contribution in [3.8, 4) is 11.5 Å². The molecule has 0 radical (unpaired) electrons. The van der Waals surface area contributed by atoms with Gasteiger partial charge < -0.3 is 13.9 Å². The van der Waals surface area contributed by atoms with Crippen molar-refractivity contribution >= 4 is 11.0 Å². The van der Waals surface area contributed by atoms with Crippen molar-refractivity contribution in [2.45, 2.75) is 45.1 Å². The number of rotatable bonds is 4. The Labute approximate surface area is 140 Å². The summed E-state index contributed by atoms with van der Waals surface area (Å²) in [5.74, 6) is 2.91. The molecule has 1 spiro atoms. The molecule has 0 aliphatic heterocycles. The molecule has 4 atom stereocenters. The molecule has 24 heavy (non-hydrogen) atoms. The Balaban J connectivity index is 1.38. The molecule has 1 aromatic carbocycles. The molecule has 1 heterocycles. The molecule has 3 aliphatic rings. The smallest absolute Gasteiger partial charge is 0.379 e. The van der Waals surface area contributed by atoms with E-state index in [1.165, 1.54) is 32.1 Å². The quantitative estimate of drug-likeness (QED) is 0.792. The molecular weight excluding hydrogens is 304 g/mol. The highest BCUT2D eigenvalue weighted by Crippen LogP contribution is 2.73. The van der Waals surface area contributed by atoms with E-state index in [0.717, 1.165) is 23.0 Å². The second-order valence-corrected chi connectivity index (χ2v) is 7.62. The van der Waals surface area contributed by atoms with Gasteiger partial charge in [0, 0.05) is 11.5 Å². The van der Waals surface area contributed by atoms with Crippen LogP contribution in [0.1, 0.15) is 39.0 Å². The highest BCUT2D eigenvalue weighted by atomic mass is 16.5. The first-order chi connectivity index (χ1) is 11.7. The third-order valence-electron chi connectivity index (χ3n) is 6.39. The van der Waals surface area contributed by atoms with Crippen molar-refractivity contribution in [3.05, 3.63) is 34.7 Å². The second-order valence-electron chi connectivity index (χ2n) is 7.62. The van der Waals surface area contributed by atoms with E-state index in [4.69, 9.17) is 13.9 Å². The molecule has 2 aromatic rings. The first kappa shape index (κ1) is 14.4. The molecule has 0 N–H and O–H groups in total. The van der Waals surface area contributed by atoms with E-state index in [-0.39, 0.29) is 5.75 Å². The van der Waals surface area contributed by atoms with Crippen LogP contribution in [-0.2, 0) is 0 Å². The molecule has 4 heteroatoms. The van der Waals surface area contributed by atoms with Gasteiger partial charge in [-0.05, 0) is 74.5 Å². The molecule has 4 nitrogen and oxygen atoms in total. The summed E-state index contributed by atoms with van der Waals surface area (Å²) in [5.41, 5.74) is 0.749. The lowest BCUT2D eigenvalue weighted by Crippen LogP contribution is -2.13. The van der Waals surface area contributed by atoms with Crippen molar-refractivity contribution in [2.75, 3.05) is 6.61 Å². The van der Waals surface area contributed by atoms with Gasteiger partial charge in [-0.2, -0.15) is 0 Å². The van der Waals surface area contributed by atoms with Crippen molar-refractivity contribution in [2.24, 2.45) is 17.3 Å².